The molecule has 0 aliphatic heterocycles. The lowest BCUT2D eigenvalue weighted by Gasteiger charge is -2.07. The van der Waals surface area contributed by atoms with Crippen LogP contribution in [0.25, 0.3) is 0 Å². The maximum Gasteiger partial charge on any atom is 0.333 e. The molecule has 0 fully saturated rings. The summed E-state index contributed by atoms with van der Waals surface area (Å²) in [4.78, 5) is 10.9. The normalized spacial score (nSPS) is 11.7. The first-order chi connectivity index (χ1) is 5.97. The van der Waals surface area contributed by atoms with Gasteiger partial charge in [-0.25, -0.2) is 4.79 Å². The van der Waals surface area contributed by atoms with Crippen LogP contribution in [0.3, 0.4) is 0 Å². The van der Waals surface area contributed by atoms with E-state index in [0.29, 0.717) is 0 Å². The topological polar surface area (TPSA) is 46.5 Å². The lowest BCUT2D eigenvalue weighted by Crippen LogP contribution is -2.11. The number of carbonyl (C=O) groups is 1. The van der Waals surface area contributed by atoms with Crippen LogP contribution in [0.2, 0.25) is 0 Å². The molecule has 0 saturated heterocycles. The molecular weight excluding hydrogens is 168 g/mol. The van der Waals surface area contributed by atoms with Gasteiger partial charge in [0.25, 0.3) is 0 Å². The number of rotatable bonds is 4. The van der Waals surface area contributed by atoms with Crippen molar-refractivity contribution < 1.29 is 14.6 Å². The third-order valence-electron chi connectivity index (χ3n) is 1.46. The summed E-state index contributed by atoms with van der Waals surface area (Å²) in [6.07, 6.45) is 1.24. The Morgan fingerprint density at radius 3 is 2.54 bits per heavy atom. The van der Waals surface area contributed by atoms with E-state index in [4.69, 9.17) is 0 Å². The molecule has 0 aromatic carbocycles. The summed E-state index contributed by atoms with van der Waals surface area (Å²) in [5, 5.41) is 9.39. The average Bonchev–Trinajstić information content (AvgIpc) is 2.01. The summed E-state index contributed by atoms with van der Waals surface area (Å²) in [5.41, 5.74) is 1.29. The standard InChI is InChI=1S/C10H16O3/c1-7(2)5-9(11)6-8(3)10(12)13-4/h5,9,11H,3,6H2,1-2,4H3/t9-/m1/s1. The van der Waals surface area contributed by atoms with Gasteiger partial charge < -0.3 is 9.84 Å². The maximum atomic E-state index is 10.9. The van der Waals surface area contributed by atoms with Crippen molar-refractivity contribution in [2.45, 2.75) is 26.4 Å². The molecule has 0 rings (SSSR count). The lowest BCUT2D eigenvalue weighted by molar-refractivity contribution is -0.136. The van der Waals surface area contributed by atoms with Crippen molar-refractivity contribution in [3.8, 4) is 0 Å². The van der Waals surface area contributed by atoms with Crippen molar-refractivity contribution in [1.82, 2.24) is 0 Å². The first kappa shape index (κ1) is 11.9. The summed E-state index contributed by atoms with van der Waals surface area (Å²) >= 11 is 0. The molecule has 0 aliphatic rings. The van der Waals surface area contributed by atoms with Gasteiger partial charge in [-0.05, 0) is 13.8 Å². The highest BCUT2D eigenvalue weighted by atomic mass is 16.5. The number of carbonyl (C=O) groups excluding carboxylic acids is 1. The van der Waals surface area contributed by atoms with Gasteiger partial charge in [-0.15, -0.1) is 0 Å². The fraction of sp³-hybridized carbons (Fsp3) is 0.500. The molecule has 0 aromatic rings. The van der Waals surface area contributed by atoms with Gasteiger partial charge in [-0.2, -0.15) is 0 Å². The second-order valence-electron chi connectivity index (χ2n) is 3.11. The molecule has 0 radical (unpaired) electrons. The number of hydrogen-bond acceptors (Lipinski definition) is 3. The van der Waals surface area contributed by atoms with Crippen molar-refractivity contribution in [3.63, 3.8) is 0 Å². The largest absolute Gasteiger partial charge is 0.466 e. The zero-order valence-electron chi connectivity index (χ0n) is 8.33. The van der Waals surface area contributed by atoms with E-state index >= 15 is 0 Å². The van der Waals surface area contributed by atoms with E-state index in [-0.39, 0.29) is 12.0 Å². The summed E-state index contributed by atoms with van der Waals surface area (Å²) in [5.74, 6) is -0.471. The smallest absolute Gasteiger partial charge is 0.333 e. The third-order valence-corrected chi connectivity index (χ3v) is 1.46. The Morgan fingerprint density at radius 1 is 1.62 bits per heavy atom. The number of hydrogen-bond donors (Lipinski definition) is 1. The Hall–Kier alpha value is -1.09. The quantitative estimate of drug-likeness (QED) is 0.408. The second-order valence-corrected chi connectivity index (χ2v) is 3.11. The van der Waals surface area contributed by atoms with E-state index in [0.717, 1.165) is 5.57 Å². The van der Waals surface area contributed by atoms with Crippen LogP contribution in [0.1, 0.15) is 20.3 Å². The van der Waals surface area contributed by atoms with Crippen LogP contribution in [0.4, 0.5) is 0 Å². The molecule has 0 amide bonds. The molecule has 0 spiro atoms. The van der Waals surface area contributed by atoms with Gasteiger partial charge >= 0.3 is 5.97 Å². The Balaban J connectivity index is 4.07. The molecule has 0 bridgehead atoms. The molecule has 13 heavy (non-hydrogen) atoms. The molecular formula is C10H16O3. The Labute approximate surface area is 78.7 Å². The van der Waals surface area contributed by atoms with Crippen LogP contribution in [0.5, 0.6) is 0 Å². The molecule has 0 aromatic heterocycles. The van der Waals surface area contributed by atoms with Crippen LogP contribution in [0, 0.1) is 0 Å². The van der Waals surface area contributed by atoms with Gasteiger partial charge in [0.15, 0.2) is 0 Å². The third kappa shape index (κ3) is 5.20. The predicted molar refractivity (Wildman–Crippen MR) is 51.2 cm³/mol. The Bertz CT molecular complexity index is 224. The number of aliphatic hydroxyl groups excluding tert-OH is 1. The van der Waals surface area contributed by atoms with Crippen molar-refractivity contribution in [1.29, 1.82) is 0 Å². The number of aliphatic hydroxyl groups is 1. The van der Waals surface area contributed by atoms with Gasteiger partial charge in [-0.1, -0.05) is 18.2 Å². The number of methoxy groups -OCH3 is 1. The lowest BCUT2D eigenvalue weighted by atomic mass is 10.1. The number of esters is 1. The molecule has 3 heteroatoms. The second kappa shape index (κ2) is 5.54. The minimum Gasteiger partial charge on any atom is -0.466 e. The van der Waals surface area contributed by atoms with Gasteiger partial charge in [0.1, 0.15) is 0 Å². The molecule has 0 heterocycles. The number of allylic oxidation sites excluding steroid dienone is 1. The van der Waals surface area contributed by atoms with Crippen molar-refractivity contribution in [2.75, 3.05) is 7.11 Å². The minimum atomic E-state index is -0.656. The summed E-state index contributed by atoms with van der Waals surface area (Å²) in [7, 11) is 1.29. The van der Waals surface area contributed by atoms with Gasteiger partial charge in [0, 0.05) is 12.0 Å². The molecule has 1 atom stereocenters. The van der Waals surface area contributed by atoms with E-state index in [1.807, 2.05) is 13.8 Å². The monoisotopic (exact) mass is 184 g/mol. The summed E-state index contributed by atoms with van der Waals surface area (Å²) < 4.78 is 4.45. The van der Waals surface area contributed by atoms with Crippen LogP contribution in [0.15, 0.2) is 23.8 Å². The molecule has 0 saturated carbocycles. The molecule has 3 nitrogen and oxygen atoms in total. The zero-order chi connectivity index (χ0) is 10.4. The fourth-order valence-corrected chi connectivity index (χ4v) is 0.924. The molecule has 0 unspecified atom stereocenters. The highest BCUT2D eigenvalue weighted by molar-refractivity contribution is 5.87. The van der Waals surface area contributed by atoms with Crippen molar-refractivity contribution >= 4 is 5.97 Å². The Kier molecular flexibility index (Phi) is 5.07. The van der Waals surface area contributed by atoms with Gasteiger partial charge in [0.2, 0.25) is 0 Å². The number of ether oxygens (including phenoxy) is 1. The van der Waals surface area contributed by atoms with Gasteiger partial charge in [-0.3, -0.25) is 0 Å². The van der Waals surface area contributed by atoms with Gasteiger partial charge in [0.05, 0.1) is 13.2 Å². The van der Waals surface area contributed by atoms with E-state index in [2.05, 4.69) is 11.3 Å². The maximum absolute atomic E-state index is 10.9. The highest BCUT2D eigenvalue weighted by Gasteiger charge is 2.10. The van der Waals surface area contributed by atoms with Crippen LogP contribution >= 0.6 is 0 Å². The minimum absolute atomic E-state index is 0.220. The first-order valence-electron chi connectivity index (χ1n) is 4.06. The highest BCUT2D eigenvalue weighted by Crippen LogP contribution is 2.07. The molecule has 74 valence electrons. The van der Waals surface area contributed by atoms with Crippen LogP contribution in [-0.4, -0.2) is 24.3 Å². The molecule has 1 N–H and O–H groups in total. The van der Waals surface area contributed by atoms with Crippen LogP contribution in [-0.2, 0) is 9.53 Å². The van der Waals surface area contributed by atoms with Crippen molar-refractivity contribution in [3.05, 3.63) is 23.8 Å². The zero-order valence-corrected chi connectivity index (χ0v) is 8.33. The average molecular weight is 184 g/mol. The fourth-order valence-electron chi connectivity index (χ4n) is 0.924. The van der Waals surface area contributed by atoms with E-state index in [1.54, 1.807) is 6.08 Å². The van der Waals surface area contributed by atoms with Crippen LogP contribution < -0.4 is 0 Å². The SMILES string of the molecule is C=C(C[C@H](O)C=C(C)C)C(=O)OC. The van der Waals surface area contributed by atoms with E-state index in [9.17, 15) is 9.90 Å². The van der Waals surface area contributed by atoms with E-state index < -0.39 is 12.1 Å². The predicted octanol–water partition coefficient (Wildman–Crippen LogP) is 1.43. The first-order valence-corrected chi connectivity index (χ1v) is 4.06. The summed E-state index contributed by atoms with van der Waals surface area (Å²) in [6.45, 7) is 7.27. The van der Waals surface area contributed by atoms with E-state index in [1.165, 1.54) is 7.11 Å². The summed E-state index contributed by atoms with van der Waals surface area (Å²) in [6, 6.07) is 0. The van der Waals surface area contributed by atoms with Crippen molar-refractivity contribution in [2.24, 2.45) is 0 Å². The molecule has 0 aliphatic carbocycles. The Morgan fingerprint density at radius 2 is 2.15 bits per heavy atom.